The first-order valence-electron chi connectivity index (χ1n) is 7.49. The predicted molar refractivity (Wildman–Crippen MR) is 101 cm³/mol. The van der Waals surface area contributed by atoms with Crippen molar-refractivity contribution < 1.29 is 0 Å². The highest BCUT2D eigenvalue weighted by Crippen LogP contribution is 2.08. The van der Waals surface area contributed by atoms with E-state index in [1.54, 1.807) is 7.05 Å². The molecule has 0 bridgehead atoms. The van der Waals surface area contributed by atoms with E-state index in [4.69, 9.17) is 0 Å². The molecule has 0 aliphatic heterocycles. The second-order valence-corrected chi connectivity index (χ2v) is 5.62. The molecule has 5 heteroatoms. The molecule has 0 saturated heterocycles. The number of rotatable bonds is 7. The minimum Gasteiger partial charge on any atom is -0.354 e. The van der Waals surface area contributed by atoms with Gasteiger partial charge in [0.2, 0.25) is 0 Å². The maximum absolute atomic E-state index is 4.29. The fraction of sp³-hybridized carbons (Fsp3) is 0.625. The Morgan fingerprint density at radius 3 is 2.57 bits per heavy atom. The van der Waals surface area contributed by atoms with Crippen LogP contribution in [-0.2, 0) is 6.54 Å². The van der Waals surface area contributed by atoms with E-state index in [-0.39, 0.29) is 24.0 Å². The van der Waals surface area contributed by atoms with Gasteiger partial charge in [-0.1, -0.05) is 32.8 Å². The Labute approximate surface area is 146 Å². The summed E-state index contributed by atoms with van der Waals surface area (Å²) in [4.78, 5) is 8.54. The van der Waals surface area contributed by atoms with Crippen LogP contribution >= 0.6 is 24.0 Å². The van der Waals surface area contributed by atoms with Crippen LogP contribution in [0.3, 0.4) is 0 Å². The van der Waals surface area contributed by atoms with Crippen LogP contribution in [0.4, 0.5) is 0 Å². The first-order chi connectivity index (χ1) is 9.61. The van der Waals surface area contributed by atoms with E-state index in [9.17, 15) is 0 Å². The van der Waals surface area contributed by atoms with Crippen molar-refractivity contribution >= 4 is 29.9 Å². The van der Waals surface area contributed by atoms with Gasteiger partial charge in [-0.25, -0.2) is 0 Å². The summed E-state index contributed by atoms with van der Waals surface area (Å²) in [6.07, 6.45) is 5.51. The molecule has 0 aromatic carbocycles. The van der Waals surface area contributed by atoms with E-state index in [1.807, 2.05) is 24.4 Å². The Kier molecular flexibility index (Phi) is 11.3. The molecule has 1 rings (SSSR count). The Bertz CT molecular complexity index is 393. The third-order valence-corrected chi connectivity index (χ3v) is 3.19. The predicted octanol–water partition coefficient (Wildman–Crippen LogP) is 3.58. The molecule has 1 atom stereocenters. The summed E-state index contributed by atoms with van der Waals surface area (Å²) < 4.78 is 0. The highest BCUT2D eigenvalue weighted by Gasteiger charge is 2.05. The number of guanidine groups is 1. The van der Waals surface area contributed by atoms with Gasteiger partial charge in [0.25, 0.3) is 0 Å². The summed E-state index contributed by atoms with van der Waals surface area (Å²) in [5, 5.41) is 6.71. The molecule has 0 amide bonds. The fourth-order valence-corrected chi connectivity index (χ4v) is 2.01. The minimum absolute atomic E-state index is 0. The van der Waals surface area contributed by atoms with E-state index >= 15 is 0 Å². The van der Waals surface area contributed by atoms with Gasteiger partial charge >= 0.3 is 0 Å². The minimum atomic E-state index is 0. The van der Waals surface area contributed by atoms with Gasteiger partial charge in [-0.3, -0.25) is 9.98 Å². The van der Waals surface area contributed by atoms with E-state index in [1.165, 1.54) is 19.3 Å². The summed E-state index contributed by atoms with van der Waals surface area (Å²) in [6.45, 7) is 7.43. The van der Waals surface area contributed by atoms with Crippen molar-refractivity contribution in [2.45, 2.75) is 52.6 Å². The van der Waals surface area contributed by atoms with Crippen LogP contribution < -0.4 is 10.6 Å². The first-order valence-corrected chi connectivity index (χ1v) is 7.49. The van der Waals surface area contributed by atoms with Crippen molar-refractivity contribution in [2.75, 3.05) is 7.05 Å². The lowest BCUT2D eigenvalue weighted by Gasteiger charge is -2.18. The quantitative estimate of drug-likeness (QED) is 0.415. The highest BCUT2D eigenvalue weighted by molar-refractivity contribution is 14.0. The Balaban J connectivity index is 0.00000400. The average Bonchev–Trinajstić information content (AvgIpc) is 2.44. The maximum atomic E-state index is 4.29. The van der Waals surface area contributed by atoms with E-state index in [0.717, 1.165) is 17.6 Å². The number of halogens is 1. The molecule has 1 aromatic rings. The summed E-state index contributed by atoms with van der Waals surface area (Å²) in [5.74, 6) is 1.62. The van der Waals surface area contributed by atoms with Gasteiger partial charge in [-0.15, -0.1) is 24.0 Å². The van der Waals surface area contributed by atoms with Crippen molar-refractivity contribution in [2.24, 2.45) is 10.9 Å². The summed E-state index contributed by atoms with van der Waals surface area (Å²) >= 11 is 0. The molecule has 1 heterocycles. The molecule has 1 unspecified atom stereocenters. The number of nitrogens with one attached hydrogen (secondary N) is 2. The third kappa shape index (κ3) is 9.66. The second kappa shape index (κ2) is 11.8. The zero-order valence-corrected chi connectivity index (χ0v) is 15.9. The summed E-state index contributed by atoms with van der Waals surface area (Å²) in [5.41, 5.74) is 1.02. The summed E-state index contributed by atoms with van der Waals surface area (Å²) in [6, 6.07) is 6.36. The number of hydrogen-bond donors (Lipinski definition) is 2. The molecule has 0 aliphatic carbocycles. The largest absolute Gasteiger partial charge is 0.354 e. The Morgan fingerprint density at radius 2 is 2.00 bits per heavy atom. The molecule has 0 spiro atoms. The zero-order valence-electron chi connectivity index (χ0n) is 13.6. The maximum Gasteiger partial charge on any atom is 0.191 e. The molecule has 0 radical (unpaired) electrons. The third-order valence-electron chi connectivity index (χ3n) is 3.19. The van der Waals surface area contributed by atoms with E-state index < -0.39 is 0 Å². The van der Waals surface area contributed by atoms with Crippen LogP contribution in [0.2, 0.25) is 0 Å². The lowest BCUT2D eigenvalue weighted by molar-refractivity contribution is 0.491. The second-order valence-electron chi connectivity index (χ2n) is 5.62. The smallest absolute Gasteiger partial charge is 0.191 e. The van der Waals surface area contributed by atoms with Crippen molar-refractivity contribution in [3.63, 3.8) is 0 Å². The first kappa shape index (κ1) is 20.1. The standard InChI is InChI=1S/C16H28N4.HI/c1-13(2)8-7-9-14(3)20-16(17-4)19-12-15-10-5-6-11-18-15;/h5-6,10-11,13-14H,7-9,12H2,1-4H3,(H2,17,19,20);1H. The molecular weight excluding hydrogens is 375 g/mol. The molecule has 0 fully saturated rings. The van der Waals surface area contributed by atoms with Gasteiger partial charge in [-0.05, 0) is 31.4 Å². The van der Waals surface area contributed by atoms with Crippen LogP contribution in [-0.4, -0.2) is 24.0 Å². The SMILES string of the molecule is CN=C(NCc1ccccn1)NC(C)CCCC(C)C.I. The van der Waals surface area contributed by atoms with Gasteiger partial charge in [0.15, 0.2) is 5.96 Å². The lowest BCUT2D eigenvalue weighted by Crippen LogP contribution is -2.41. The number of nitrogens with zero attached hydrogens (tertiary/aromatic N) is 2. The van der Waals surface area contributed by atoms with E-state index in [0.29, 0.717) is 12.6 Å². The molecule has 120 valence electrons. The van der Waals surface area contributed by atoms with Crippen molar-refractivity contribution in [3.8, 4) is 0 Å². The van der Waals surface area contributed by atoms with Gasteiger partial charge in [0, 0.05) is 19.3 Å². The van der Waals surface area contributed by atoms with Crippen molar-refractivity contribution in [3.05, 3.63) is 30.1 Å². The highest BCUT2D eigenvalue weighted by atomic mass is 127. The average molecular weight is 404 g/mol. The Hall–Kier alpha value is -0.850. The Morgan fingerprint density at radius 1 is 1.24 bits per heavy atom. The van der Waals surface area contributed by atoms with Crippen molar-refractivity contribution in [1.82, 2.24) is 15.6 Å². The number of aliphatic imine (C=N–C) groups is 1. The molecule has 2 N–H and O–H groups in total. The lowest BCUT2D eigenvalue weighted by atomic mass is 10.0. The van der Waals surface area contributed by atoms with Crippen molar-refractivity contribution in [1.29, 1.82) is 0 Å². The summed E-state index contributed by atoms with van der Waals surface area (Å²) in [7, 11) is 1.80. The fourth-order valence-electron chi connectivity index (χ4n) is 2.01. The van der Waals surface area contributed by atoms with Crippen LogP contribution in [0.5, 0.6) is 0 Å². The molecule has 1 aromatic heterocycles. The van der Waals surface area contributed by atoms with Gasteiger partial charge in [0.1, 0.15) is 0 Å². The van der Waals surface area contributed by atoms with Gasteiger partial charge < -0.3 is 10.6 Å². The normalized spacial score (nSPS) is 12.7. The van der Waals surface area contributed by atoms with Crippen LogP contribution in [0.15, 0.2) is 29.4 Å². The van der Waals surface area contributed by atoms with Crippen LogP contribution in [0.1, 0.15) is 45.7 Å². The number of pyridine rings is 1. The molecule has 21 heavy (non-hydrogen) atoms. The zero-order chi connectivity index (χ0) is 14.8. The van der Waals surface area contributed by atoms with Gasteiger partial charge in [-0.2, -0.15) is 0 Å². The van der Waals surface area contributed by atoms with Crippen LogP contribution in [0, 0.1) is 5.92 Å². The molecule has 0 aliphatic rings. The molecule has 4 nitrogen and oxygen atoms in total. The van der Waals surface area contributed by atoms with Gasteiger partial charge in [0.05, 0.1) is 12.2 Å². The monoisotopic (exact) mass is 404 g/mol. The number of aromatic nitrogens is 1. The number of hydrogen-bond acceptors (Lipinski definition) is 2. The van der Waals surface area contributed by atoms with E-state index in [2.05, 4.69) is 41.4 Å². The topological polar surface area (TPSA) is 49.3 Å². The van der Waals surface area contributed by atoms with Crippen LogP contribution in [0.25, 0.3) is 0 Å². The molecular formula is C16H29IN4. The molecule has 0 saturated carbocycles.